The number of para-hydroxylation sites is 1. The number of imidazole rings is 1. The van der Waals surface area contributed by atoms with E-state index in [1.165, 1.54) is 0 Å². The number of ether oxygens (including phenoxy) is 1. The molecule has 0 amide bonds. The van der Waals surface area contributed by atoms with Crippen LogP contribution in [0, 0.1) is 4.77 Å². The van der Waals surface area contributed by atoms with E-state index in [0.717, 1.165) is 28.2 Å². The van der Waals surface area contributed by atoms with Gasteiger partial charge in [-0.2, -0.15) is 0 Å². The summed E-state index contributed by atoms with van der Waals surface area (Å²) < 4.78 is 8.54. The topological polar surface area (TPSA) is 42.8 Å². The van der Waals surface area contributed by atoms with Crippen molar-refractivity contribution in [2.45, 2.75) is 26.3 Å². The maximum atomic E-state index is 5.69. The molecular weight excluding hydrogens is 302 g/mol. The number of nitrogens with zero attached hydrogens (tertiary/aromatic N) is 2. The summed E-state index contributed by atoms with van der Waals surface area (Å²) in [6.07, 6.45) is 2.78. The predicted molar refractivity (Wildman–Crippen MR) is 88.8 cm³/mol. The molecule has 3 rings (SSSR count). The van der Waals surface area contributed by atoms with Gasteiger partial charge in [0, 0.05) is 11.6 Å². The third-order valence-electron chi connectivity index (χ3n) is 3.45. The van der Waals surface area contributed by atoms with Gasteiger partial charge in [0.1, 0.15) is 16.3 Å². The summed E-state index contributed by atoms with van der Waals surface area (Å²) >= 11 is 7.20. The Labute approximate surface area is 132 Å². The van der Waals surface area contributed by atoms with Crippen molar-refractivity contribution in [1.29, 1.82) is 0 Å². The highest BCUT2D eigenvalue weighted by molar-refractivity contribution is 7.71. The average molecular weight is 319 g/mol. The van der Waals surface area contributed by atoms with Gasteiger partial charge in [0.15, 0.2) is 4.77 Å². The van der Waals surface area contributed by atoms with E-state index in [-0.39, 0.29) is 6.04 Å². The monoisotopic (exact) mass is 319 g/mol. The molecule has 1 atom stereocenters. The van der Waals surface area contributed by atoms with Crippen molar-refractivity contribution in [3.05, 3.63) is 39.6 Å². The van der Waals surface area contributed by atoms with Crippen LogP contribution in [0.25, 0.3) is 11.0 Å². The molecule has 1 aromatic carbocycles. The first kappa shape index (κ1) is 14.3. The van der Waals surface area contributed by atoms with Crippen molar-refractivity contribution in [3.63, 3.8) is 0 Å². The summed E-state index contributed by atoms with van der Waals surface area (Å²) in [7, 11) is 0. The lowest BCUT2D eigenvalue weighted by molar-refractivity contribution is 0.343. The van der Waals surface area contributed by atoms with Gasteiger partial charge in [0.2, 0.25) is 0 Å². The Hall–Kier alpha value is -1.66. The molecule has 4 nitrogen and oxygen atoms in total. The zero-order valence-electron chi connectivity index (χ0n) is 12.0. The van der Waals surface area contributed by atoms with Gasteiger partial charge in [-0.15, -0.1) is 11.3 Å². The van der Waals surface area contributed by atoms with Gasteiger partial charge in [-0.1, -0.05) is 13.0 Å². The smallest absolute Gasteiger partial charge is 0.178 e. The predicted octanol–water partition coefficient (Wildman–Crippen LogP) is 4.55. The number of rotatable bonds is 5. The molecule has 21 heavy (non-hydrogen) atoms. The van der Waals surface area contributed by atoms with Crippen molar-refractivity contribution >= 4 is 34.6 Å². The lowest BCUT2D eigenvalue weighted by atomic mass is 10.2. The Morgan fingerprint density at radius 2 is 2.29 bits per heavy atom. The van der Waals surface area contributed by atoms with Crippen molar-refractivity contribution in [2.24, 2.45) is 0 Å². The van der Waals surface area contributed by atoms with E-state index < -0.39 is 0 Å². The standard InChI is InChI=1S/C15H17N3OS2/c1-3-10(14-16-8-9-21-14)18-11-6-5-7-12(19-4-2)13(11)17-15(18)20/h5-10H,3-4H2,1-2H3,(H,17,20). The number of nitrogens with one attached hydrogen (secondary N) is 1. The summed E-state index contributed by atoms with van der Waals surface area (Å²) in [5.74, 6) is 0.842. The Morgan fingerprint density at radius 1 is 1.43 bits per heavy atom. The minimum Gasteiger partial charge on any atom is -0.492 e. The van der Waals surface area contributed by atoms with Crippen molar-refractivity contribution < 1.29 is 4.74 Å². The van der Waals surface area contributed by atoms with Crippen LogP contribution in [0.15, 0.2) is 29.8 Å². The van der Waals surface area contributed by atoms with Crippen LogP contribution in [-0.4, -0.2) is 21.1 Å². The molecule has 1 N–H and O–H groups in total. The second-order valence-corrected chi connectivity index (χ2v) is 5.99. The first-order valence-corrected chi connectivity index (χ1v) is 8.30. The lowest BCUT2D eigenvalue weighted by Gasteiger charge is -2.15. The molecule has 0 bridgehead atoms. The maximum absolute atomic E-state index is 5.69. The summed E-state index contributed by atoms with van der Waals surface area (Å²) in [6, 6.07) is 6.19. The van der Waals surface area contributed by atoms with Crippen LogP contribution in [0.4, 0.5) is 0 Å². The lowest BCUT2D eigenvalue weighted by Crippen LogP contribution is -2.09. The van der Waals surface area contributed by atoms with E-state index in [1.54, 1.807) is 11.3 Å². The van der Waals surface area contributed by atoms with Gasteiger partial charge in [0.05, 0.1) is 18.2 Å². The van der Waals surface area contributed by atoms with Crippen LogP contribution in [0.1, 0.15) is 31.3 Å². The van der Waals surface area contributed by atoms with Gasteiger partial charge >= 0.3 is 0 Å². The van der Waals surface area contributed by atoms with E-state index >= 15 is 0 Å². The molecule has 110 valence electrons. The quantitative estimate of drug-likeness (QED) is 0.701. The van der Waals surface area contributed by atoms with Crippen molar-refractivity contribution in [3.8, 4) is 5.75 Å². The zero-order chi connectivity index (χ0) is 14.8. The molecule has 3 aromatic rings. The van der Waals surface area contributed by atoms with Crippen molar-refractivity contribution in [1.82, 2.24) is 14.5 Å². The molecule has 0 aliphatic heterocycles. The number of benzene rings is 1. The molecule has 0 saturated heterocycles. The Kier molecular flexibility index (Phi) is 4.07. The third kappa shape index (κ3) is 2.49. The summed E-state index contributed by atoms with van der Waals surface area (Å²) in [6.45, 7) is 4.77. The molecule has 0 fully saturated rings. The number of H-pyrrole nitrogens is 1. The molecule has 0 saturated carbocycles. The van der Waals surface area contributed by atoms with Crippen molar-refractivity contribution in [2.75, 3.05) is 6.61 Å². The van der Waals surface area contributed by atoms with Gasteiger partial charge in [0.25, 0.3) is 0 Å². The van der Waals surface area contributed by atoms with Crippen LogP contribution in [0.5, 0.6) is 5.75 Å². The summed E-state index contributed by atoms with van der Waals surface area (Å²) in [5.41, 5.74) is 2.02. The van der Waals surface area contributed by atoms with Crippen LogP contribution >= 0.6 is 23.6 Å². The van der Waals surface area contributed by atoms with E-state index in [1.807, 2.05) is 30.6 Å². The molecule has 1 unspecified atom stereocenters. The first-order chi connectivity index (χ1) is 10.3. The van der Waals surface area contributed by atoms with Crippen LogP contribution in [-0.2, 0) is 0 Å². The summed E-state index contributed by atoms with van der Waals surface area (Å²) in [4.78, 5) is 7.74. The van der Waals surface area contributed by atoms with E-state index in [2.05, 4.69) is 27.5 Å². The number of thiazole rings is 1. The van der Waals surface area contributed by atoms with Crippen LogP contribution in [0.2, 0.25) is 0 Å². The summed E-state index contributed by atoms with van der Waals surface area (Å²) in [5, 5.41) is 3.08. The highest BCUT2D eigenvalue weighted by Gasteiger charge is 2.19. The van der Waals surface area contributed by atoms with E-state index in [0.29, 0.717) is 11.4 Å². The van der Waals surface area contributed by atoms with E-state index in [9.17, 15) is 0 Å². The third-order valence-corrected chi connectivity index (χ3v) is 4.62. The fourth-order valence-electron chi connectivity index (χ4n) is 2.57. The Balaban J connectivity index is 2.21. The molecule has 6 heteroatoms. The molecule has 0 aliphatic carbocycles. The SMILES string of the molecule is CCOc1cccc2c1[nH]c(=S)n2C(CC)c1nccs1. The van der Waals surface area contributed by atoms with E-state index in [4.69, 9.17) is 17.0 Å². The maximum Gasteiger partial charge on any atom is 0.178 e. The number of hydrogen-bond donors (Lipinski definition) is 1. The number of fused-ring (bicyclic) bond motifs is 1. The minimum atomic E-state index is 0.156. The largest absolute Gasteiger partial charge is 0.492 e. The molecule has 2 heterocycles. The number of aromatic nitrogens is 3. The highest BCUT2D eigenvalue weighted by atomic mass is 32.1. The molecule has 0 radical (unpaired) electrons. The molecule has 0 spiro atoms. The Bertz CT molecular complexity index is 789. The fraction of sp³-hybridized carbons (Fsp3) is 0.333. The minimum absolute atomic E-state index is 0.156. The number of hydrogen-bond acceptors (Lipinski definition) is 4. The highest BCUT2D eigenvalue weighted by Crippen LogP contribution is 2.31. The first-order valence-electron chi connectivity index (χ1n) is 7.01. The molecule has 0 aliphatic rings. The van der Waals surface area contributed by atoms with Gasteiger partial charge in [-0.25, -0.2) is 4.98 Å². The Morgan fingerprint density at radius 3 is 2.95 bits per heavy atom. The number of aromatic amines is 1. The van der Waals surface area contributed by atoms with Crippen LogP contribution in [0.3, 0.4) is 0 Å². The van der Waals surface area contributed by atoms with Gasteiger partial charge < -0.3 is 14.3 Å². The van der Waals surface area contributed by atoms with Gasteiger partial charge in [-0.05, 0) is 37.7 Å². The zero-order valence-corrected chi connectivity index (χ0v) is 13.6. The molecule has 2 aromatic heterocycles. The molecular formula is C15H17N3OS2. The second kappa shape index (κ2) is 5.99. The fourth-order valence-corrected chi connectivity index (χ4v) is 3.71. The normalized spacial score (nSPS) is 12.7. The second-order valence-electron chi connectivity index (χ2n) is 4.68. The average Bonchev–Trinajstić information content (AvgIpc) is 3.10. The van der Waals surface area contributed by atoms with Gasteiger partial charge in [-0.3, -0.25) is 0 Å². The van der Waals surface area contributed by atoms with Crippen LogP contribution < -0.4 is 4.74 Å².